The lowest BCUT2D eigenvalue weighted by Gasteiger charge is -2.31. The van der Waals surface area contributed by atoms with E-state index in [1.165, 1.54) is 16.9 Å². The Labute approximate surface area is 305 Å². The summed E-state index contributed by atoms with van der Waals surface area (Å²) < 4.78 is 11.2. The number of benzene rings is 4. The van der Waals surface area contributed by atoms with Gasteiger partial charge in [-0.05, 0) is 78.4 Å². The highest BCUT2D eigenvalue weighted by molar-refractivity contribution is 6.12. The minimum absolute atomic E-state index is 0.0903. The predicted octanol–water partition coefficient (Wildman–Crippen LogP) is 8.01. The van der Waals surface area contributed by atoms with E-state index >= 15 is 4.79 Å². The molecule has 0 radical (unpaired) electrons. The van der Waals surface area contributed by atoms with Crippen molar-refractivity contribution < 1.29 is 14.3 Å². The van der Waals surface area contributed by atoms with Crippen molar-refractivity contribution in [2.75, 3.05) is 62.4 Å². The second-order valence-corrected chi connectivity index (χ2v) is 14.1. The molecular formula is C44H43N5O3. The van der Waals surface area contributed by atoms with Gasteiger partial charge in [-0.1, -0.05) is 72.8 Å². The summed E-state index contributed by atoms with van der Waals surface area (Å²) in [5.41, 5.74) is 10.1. The number of carbonyl (C=O) groups is 1. The zero-order valence-electron chi connectivity index (χ0n) is 29.4. The van der Waals surface area contributed by atoms with Gasteiger partial charge in [-0.25, -0.2) is 9.99 Å². The van der Waals surface area contributed by atoms with Crippen LogP contribution >= 0.6 is 0 Å². The molecule has 4 heterocycles. The molecule has 1 saturated carbocycles. The summed E-state index contributed by atoms with van der Waals surface area (Å²) in [7, 11) is 0. The maximum Gasteiger partial charge on any atom is 0.275 e. The minimum atomic E-state index is -0.222. The topological polar surface area (TPSA) is 70.5 Å². The molecule has 4 aromatic carbocycles. The lowest BCUT2D eigenvalue weighted by atomic mass is 9.77. The average molecular weight is 690 g/mol. The van der Waals surface area contributed by atoms with Gasteiger partial charge in [0.2, 0.25) is 0 Å². The van der Waals surface area contributed by atoms with Crippen molar-refractivity contribution in [1.82, 2.24) is 9.99 Å². The molecule has 2 saturated heterocycles. The van der Waals surface area contributed by atoms with Gasteiger partial charge in [-0.2, -0.15) is 5.10 Å². The van der Waals surface area contributed by atoms with Crippen LogP contribution in [0.2, 0.25) is 0 Å². The van der Waals surface area contributed by atoms with E-state index in [1.54, 1.807) is 5.01 Å². The lowest BCUT2D eigenvalue weighted by molar-refractivity contribution is 0.0683. The first kappa shape index (κ1) is 32.6. The number of rotatable bonds is 6. The number of ether oxygens (including phenoxy) is 2. The maximum absolute atomic E-state index is 15.1. The van der Waals surface area contributed by atoms with Crippen molar-refractivity contribution in [3.63, 3.8) is 0 Å². The molecule has 1 aromatic heterocycles. The van der Waals surface area contributed by atoms with Crippen LogP contribution in [0, 0.1) is 5.92 Å². The van der Waals surface area contributed by atoms with Crippen molar-refractivity contribution in [1.29, 1.82) is 0 Å². The molecule has 5 aromatic rings. The summed E-state index contributed by atoms with van der Waals surface area (Å²) in [6.07, 6.45) is 5.23. The first-order chi connectivity index (χ1) is 25.7. The standard InChI is InChI=1S/C44H43N5O3/c50-44(39-30-41(32-7-2-1-3-8-32)45-40-12-5-4-10-37(39)40)49-43(33-15-19-36(20-16-33)48-23-27-52-28-24-48)38-11-6-9-34(42(38)46-49)29-31-13-17-35(18-14-31)47-21-25-51-26-22-47/h1-5,7-8,10,12-20,29-30,38,43H,6,9,11,21-28H2/b34-29+/t38-,43+/m0/s1. The Bertz CT molecular complexity index is 2120. The van der Waals surface area contributed by atoms with Crippen LogP contribution < -0.4 is 9.80 Å². The van der Waals surface area contributed by atoms with E-state index in [-0.39, 0.29) is 17.9 Å². The second kappa shape index (κ2) is 14.4. The molecule has 8 heteroatoms. The van der Waals surface area contributed by atoms with Gasteiger partial charge in [-0.15, -0.1) is 0 Å². The summed E-state index contributed by atoms with van der Waals surface area (Å²) >= 11 is 0. The number of carbonyl (C=O) groups excluding carboxylic acids is 1. The molecule has 0 N–H and O–H groups in total. The third-order valence-corrected chi connectivity index (χ3v) is 10.9. The van der Waals surface area contributed by atoms with Crippen LogP contribution in [-0.2, 0) is 9.47 Å². The molecular weight excluding hydrogens is 647 g/mol. The number of nitrogens with zero attached hydrogens (tertiary/aromatic N) is 5. The molecule has 8 nitrogen and oxygen atoms in total. The maximum atomic E-state index is 15.1. The van der Waals surface area contributed by atoms with Gasteiger partial charge in [-0.3, -0.25) is 4.79 Å². The smallest absolute Gasteiger partial charge is 0.275 e. The summed E-state index contributed by atoms with van der Waals surface area (Å²) in [6.45, 7) is 6.59. The van der Waals surface area contributed by atoms with Gasteiger partial charge in [0.1, 0.15) is 0 Å². The molecule has 262 valence electrons. The van der Waals surface area contributed by atoms with Crippen molar-refractivity contribution in [2.45, 2.75) is 25.3 Å². The number of pyridine rings is 1. The van der Waals surface area contributed by atoms with E-state index in [2.05, 4.69) is 64.4 Å². The number of hydrogen-bond donors (Lipinski definition) is 0. The van der Waals surface area contributed by atoms with E-state index in [4.69, 9.17) is 19.6 Å². The van der Waals surface area contributed by atoms with Gasteiger partial charge < -0.3 is 19.3 Å². The van der Waals surface area contributed by atoms with Crippen LogP contribution in [0.3, 0.4) is 0 Å². The SMILES string of the molecule is O=C(c1cc(-c2ccccc2)nc2ccccc12)N1N=C2/C(=C/c3ccc(N4CCOCC4)cc3)CCC[C@@H]2[C@H]1c1ccc(N2CCOCC2)cc1. The highest BCUT2D eigenvalue weighted by Crippen LogP contribution is 2.46. The van der Waals surface area contributed by atoms with Crippen LogP contribution in [-0.4, -0.2) is 74.2 Å². The molecule has 0 unspecified atom stereocenters. The minimum Gasteiger partial charge on any atom is -0.378 e. The molecule has 1 amide bonds. The Kier molecular flexibility index (Phi) is 9.00. The summed E-state index contributed by atoms with van der Waals surface area (Å²) in [6, 6.07) is 37.4. The predicted molar refractivity (Wildman–Crippen MR) is 208 cm³/mol. The van der Waals surface area contributed by atoms with Gasteiger partial charge in [0.05, 0.1) is 55.0 Å². The normalized spacial score (nSPS) is 21.3. The third kappa shape index (κ3) is 6.37. The third-order valence-electron chi connectivity index (χ3n) is 10.9. The molecule has 52 heavy (non-hydrogen) atoms. The zero-order valence-corrected chi connectivity index (χ0v) is 29.4. The molecule has 1 aliphatic carbocycles. The Balaban J connectivity index is 1.11. The fraction of sp³-hybridized carbons (Fsp3) is 0.295. The largest absolute Gasteiger partial charge is 0.378 e. The van der Waals surface area contributed by atoms with Crippen molar-refractivity contribution in [3.05, 3.63) is 131 Å². The van der Waals surface area contributed by atoms with Crippen molar-refractivity contribution in [3.8, 4) is 11.3 Å². The number of amides is 1. The van der Waals surface area contributed by atoms with E-state index < -0.39 is 0 Å². The Morgan fingerprint density at radius 1 is 0.731 bits per heavy atom. The zero-order chi connectivity index (χ0) is 34.9. The van der Waals surface area contributed by atoms with Crippen LogP contribution in [0.5, 0.6) is 0 Å². The fourth-order valence-electron chi connectivity index (χ4n) is 8.24. The number of morpholine rings is 2. The van der Waals surface area contributed by atoms with E-state index in [0.29, 0.717) is 5.56 Å². The Morgan fingerprint density at radius 2 is 1.37 bits per heavy atom. The van der Waals surface area contributed by atoms with Gasteiger partial charge in [0.15, 0.2) is 0 Å². The molecule has 3 fully saturated rings. The van der Waals surface area contributed by atoms with Crippen molar-refractivity contribution >= 4 is 40.0 Å². The second-order valence-electron chi connectivity index (χ2n) is 14.1. The van der Waals surface area contributed by atoms with E-state index in [9.17, 15) is 0 Å². The monoisotopic (exact) mass is 689 g/mol. The number of allylic oxidation sites excluding steroid dienone is 1. The van der Waals surface area contributed by atoms with Crippen LogP contribution in [0.4, 0.5) is 11.4 Å². The van der Waals surface area contributed by atoms with Crippen LogP contribution in [0.25, 0.3) is 28.2 Å². The first-order valence-electron chi connectivity index (χ1n) is 18.6. The molecule has 0 bridgehead atoms. The van der Waals surface area contributed by atoms with Gasteiger partial charge in [0, 0.05) is 54.4 Å². The molecule has 3 aliphatic heterocycles. The quantitative estimate of drug-likeness (QED) is 0.180. The summed E-state index contributed by atoms with van der Waals surface area (Å²) in [5, 5.41) is 7.92. The highest BCUT2D eigenvalue weighted by atomic mass is 16.5. The molecule has 4 aliphatic rings. The fourth-order valence-corrected chi connectivity index (χ4v) is 8.24. The molecule has 9 rings (SSSR count). The van der Waals surface area contributed by atoms with E-state index in [0.717, 1.165) is 111 Å². The average Bonchev–Trinajstić information content (AvgIpc) is 3.62. The first-order valence-corrected chi connectivity index (χ1v) is 18.6. The van der Waals surface area contributed by atoms with Gasteiger partial charge in [0.25, 0.3) is 5.91 Å². The van der Waals surface area contributed by atoms with Crippen LogP contribution in [0.1, 0.15) is 46.8 Å². The number of anilines is 2. The highest BCUT2D eigenvalue weighted by Gasteiger charge is 2.44. The summed E-state index contributed by atoms with van der Waals surface area (Å²) in [4.78, 5) is 24.8. The lowest BCUT2D eigenvalue weighted by Crippen LogP contribution is -2.36. The number of para-hydroxylation sites is 1. The van der Waals surface area contributed by atoms with E-state index in [1.807, 2.05) is 60.7 Å². The molecule has 0 spiro atoms. The van der Waals surface area contributed by atoms with Crippen LogP contribution in [0.15, 0.2) is 120 Å². The number of hydrazone groups is 1. The molecule has 2 atom stereocenters. The number of hydrogen-bond acceptors (Lipinski definition) is 7. The Hall–Kier alpha value is -5.31. The number of fused-ring (bicyclic) bond motifs is 2. The Morgan fingerprint density at radius 3 is 2.06 bits per heavy atom. The van der Waals surface area contributed by atoms with Crippen molar-refractivity contribution in [2.24, 2.45) is 11.0 Å². The summed E-state index contributed by atoms with van der Waals surface area (Å²) in [5.74, 6) is -0.0124. The van der Waals surface area contributed by atoms with Gasteiger partial charge >= 0.3 is 0 Å². The number of aromatic nitrogens is 1.